The van der Waals surface area contributed by atoms with E-state index in [-0.39, 0.29) is 18.6 Å². The third-order valence-corrected chi connectivity index (χ3v) is 2.71. The van der Waals surface area contributed by atoms with Gasteiger partial charge in [0.1, 0.15) is 5.15 Å². The molecule has 1 amide bonds. The lowest BCUT2D eigenvalue weighted by Crippen LogP contribution is -2.37. The average molecular weight is 257 g/mol. The number of nitrogens with zero attached hydrogens (tertiary/aromatic N) is 1. The van der Waals surface area contributed by atoms with Crippen molar-refractivity contribution in [1.29, 1.82) is 0 Å². The zero-order chi connectivity index (χ0) is 12.8. The lowest BCUT2D eigenvalue weighted by molar-refractivity contribution is 0.0914. The Kier molecular flexibility index (Phi) is 5.38. The number of aliphatic hydroxyl groups is 1. The van der Waals surface area contributed by atoms with E-state index in [0.29, 0.717) is 17.1 Å². The number of halogens is 1. The van der Waals surface area contributed by atoms with Crippen LogP contribution in [0.1, 0.15) is 36.3 Å². The van der Waals surface area contributed by atoms with Crippen LogP contribution in [-0.4, -0.2) is 28.6 Å². The number of pyridine rings is 1. The molecule has 0 aliphatic rings. The fourth-order valence-electron chi connectivity index (χ4n) is 1.41. The van der Waals surface area contributed by atoms with Crippen molar-refractivity contribution in [2.45, 2.75) is 32.7 Å². The molecule has 1 heterocycles. The predicted octanol–water partition coefficient (Wildman–Crippen LogP) is 1.80. The van der Waals surface area contributed by atoms with Crippen LogP contribution in [0.25, 0.3) is 0 Å². The topological polar surface area (TPSA) is 62.2 Å². The lowest BCUT2D eigenvalue weighted by atomic mass is 10.1. The Morgan fingerprint density at radius 3 is 2.76 bits per heavy atom. The molecular formula is C12H17ClN2O2. The predicted molar refractivity (Wildman–Crippen MR) is 67.3 cm³/mol. The van der Waals surface area contributed by atoms with E-state index >= 15 is 0 Å². The molecule has 0 saturated heterocycles. The molecule has 0 aliphatic carbocycles. The second-order valence-corrected chi connectivity index (χ2v) is 4.17. The van der Waals surface area contributed by atoms with Gasteiger partial charge in [0.15, 0.2) is 0 Å². The molecule has 0 radical (unpaired) electrons. The van der Waals surface area contributed by atoms with Crippen LogP contribution in [0.15, 0.2) is 12.1 Å². The summed E-state index contributed by atoms with van der Waals surface area (Å²) in [5.41, 5.74) is 1.26. The molecule has 0 aliphatic heterocycles. The minimum atomic E-state index is -0.232. The summed E-state index contributed by atoms with van der Waals surface area (Å²) >= 11 is 5.84. The normalized spacial score (nSPS) is 12.2. The van der Waals surface area contributed by atoms with Crippen LogP contribution in [0.2, 0.25) is 5.15 Å². The minimum Gasteiger partial charge on any atom is -0.394 e. The Morgan fingerprint density at radius 2 is 2.24 bits per heavy atom. The van der Waals surface area contributed by atoms with Gasteiger partial charge in [-0.2, -0.15) is 0 Å². The fourth-order valence-corrected chi connectivity index (χ4v) is 1.64. The quantitative estimate of drug-likeness (QED) is 0.790. The van der Waals surface area contributed by atoms with Crippen LogP contribution in [0.5, 0.6) is 0 Å². The summed E-state index contributed by atoms with van der Waals surface area (Å²) < 4.78 is 0. The summed E-state index contributed by atoms with van der Waals surface area (Å²) in [6.07, 6.45) is 1.40. The van der Waals surface area contributed by atoms with Gasteiger partial charge in [-0.3, -0.25) is 4.79 Å². The van der Waals surface area contributed by atoms with Gasteiger partial charge in [-0.25, -0.2) is 4.98 Å². The highest BCUT2D eigenvalue weighted by atomic mass is 35.5. The third kappa shape index (κ3) is 3.98. The molecule has 1 aromatic rings. The van der Waals surface area contributed by atoms with Gasteiger partial charge in [-0.1, -0.05) is 25.4 Å². The maximum Gasteiger partial charge on any atom is 0.251 e. The first-order valence-electron chi connectivity index (χ1n) is 5.68. The summed E-state index contributed by atoms with van der Waals surface area (Å²) in [6.45, 7) is 3.78. The average Bonchev–Trinajstić information content (AvgIpc) is 2.34. The van der Waals surface area contributed by atoms with Crippen LogP contribution < -0.4 is 5.32 Å². The Balaban J connectivity index is 2.84. The van der Waals surface area contributed by atoms with Crippen molar-refractivity contribution in [2.24, 2.45) is 0 Å². The molecule has 2 N–H and O–H groups in total. The van der Waals surface area contributed by atoms with Crippen molar-refractivity contribution in [3.63, 3.8) is 0 Å². The standard InChI is InChI=1S/C12H17ClN2O2/c1-3-9-5-8(6-11(13)14-9)12(17)15-10(4-2)7-16/h5-6,10,16H,3-4,7H2,1-2H3,(H,15,17)/t10-/m0/s1. The molecule has 0 unspecified atom stereocenters. The highest BCUT2D eigenvalue weighted by molar-refractivity contribution is 6.29. The number of amides is 1. The highest BCUT2D eigenvalue weighted by Crippen LogP contribution is 2.11. The van der Waals surface area contributed by atoms with Crippen LogP contribution in [0.4, 0.5) is 0 Å². The molecule has 5 heteroatoms. The molecule has 94 valence electrons. The first-order valence-corrected chi connectivity index (χ1v) is 6.06. The Bertz CT molecular complexity index is 392. The van der Waals surface area contributed by atoms with Crippen LogP contribution in [-0.2, 0) is 6.42 Å². The van der Waals surface area contributed by atoms with Gasteiger partial charge in [0.2, 0.25) is 0 Å². The molecule has 0 saturated carbocycles. The van der Waals surface area contributed by atoms with Gasteiger partial charge >= 0.3 is 0 Å². The van der Waals surface area contributed by atoms with Crippen molar-refractivity contribution >= 4 is 17.5 Å². The molecule has 1 atom stereocenters. The number of carbonyl (C=O) groups is 1. The molecule has 4 nitrogen and oxygen atoms in total. The number of carbonyl (C=O) groups excluding carboxylic acids is 1. The molecule has 1 aromatic heterocycles. The molecule has 0 spiro atoms. The van der Waals surface area contributed by atoms with Crippen LogP contribution in [0, 0.1) is 0 Å². The molecule has 0 aromatic carbocycles. The molecule has 17 heavy (non-hydrogen) atoms. The maximum atomic E-state index is 11.9. The number of hydrogen-bond acceptors (Lipinski definition) is 3. The molecule has 1 rings (SSSR count). The van der Waals surface area contributed by atoms with Crippen molar-refractivity contribution < 1.29 is 9.90 Å². The third-order valence-electron chi connectivity index (χ3n) is 2.52. The van der Waals surface area contributed by atoms with Gasteiger partial charge in [0.25, 0.3) is 5.91 Å². The van der Waals surface area contributed by atoms with Crippen LogP contribution >= 0.6 is 11.6 Å². The van der Waals surface area contributed by atoms with E-state index in [9.17, 15) is 4.79 Å². The number of nitrogens with one attached hydrogen (secondary N) is 1. The van der Waals surface area contributed by atoms with Crippen molar-refractivity contribution in [3.05, 3.63) is 28.5 Å². The maximum absolute atomic E-state index is 11.9. The van der Waals surface area contributed by atoms with Gasteiger partial charge in [-0.15, -0.1) is 0 Å². The number of aromatic nitrogens is 1. The lowest BCUT2D eigenvalue weighted by Gasteiger charge is -2.14. The van der Waals surface area contributed by atoms with E-state index in [1.165, 1.54) is 6.07 Å². The van der Waals surface area contributed by atoms with Gasteiger partial charge < -0.3 is 10.4 Å². The van der Waals surface area contributed by atoms with E-state index in [2.05, 4.69) is 10.3 Å². The Hall–Kier alpha value is -1.13. The highest BCUT2D eigenvalue weighted by Gasteiger charge is 2.12. The van der Waals surface area contributed by atoms with Gasteiger partial charge in [0.05, 0.1) is 12.6 Å². The smallest absolute Gasteiger partial charge is 0.251 e. The summed E-state index contributed by atoms with van der Waals surface area (Å²) in [4.78, 5) is 16.0. The summed E-state index contributed by atoms with van der Waals surface area (Å²) in [5, 5.41) is 12.1. The number of rotatable bonds is 5. The zero-order valence-electron chi connectivity index (χ0n) is 10.0. The monoisotopic (exact) mass is 256 g/mol. The Morgan fingerprint density at radius 1 is 1.53 bits per heavy atom. The fraction of sp³-hybridized carbons (Fsp3) is 0.500. The SMILES string of the molecule is CCc1cc(C(=O)N[C@@H](CC)CO)cc(Cl)n1. The van der Waals surface area contributed by atoms with Crippen LogP contribution in [0.3, 0.4) is 0 Å². The zero-order valence-corrected chi connectivity index (χ0v) is 10.8. The Labute approximate surface area is 106 Å². The second kappa shape index (κ2) is 6.57. The summed E-state index contributed by atoms with van der Waals surface area (Å²) in [5.74, 6) is -0.232. The van der Waals surface area contributed by atoms with E-state index in [1.807, 2.05) is 13.8 Å². The van der Waals surface area contributed by atoms with Gasteiger partial charge in [0, 0.05) is 11.3 Å². The summed E-state index contributed by atoms with van der Waals surface area (Å²) in [7, 11) is 0. The number of hydrogen-bond donors (Lipinski definition) is 2. The largest absolute Gasteiger partial charge is 0.394 e. The second-order valence-electron chi connectivity index (χ2n) is 3.78. The van der Waals surface area contributed by atoms with E-state index in [0.717, 1.165) is 12.1 Å². The van der Waals surface area contributed by atoms with Crippen molar-refractivity contribution in [1.82, 2.24) is 10.3 Å². The van der Waals surface area contributed by atoms with Gasteiger partial charge in [-0.05, 0) is 25.0 Å². The van der Waals surface area contributed by atoms with Crippen molar-refractivity contribution in [3.8, 4) is 0 Å². The van der Waals surface area contributed by atoms with E-state index in [1.54, 1.807) is 6.07 Å². The molecular weight excluding hydrogens is 240 g/mol. The van der Waals surface area contributed by atoms with E-state index < -0.39 is 0 Å². The minimum absolute atomic E-state index is 0.0678. The number of aliphatic hydroxyl groups excluding tert-OH is 1. The first kappa shape index (κ1) is 13.9. The molecule has 0 fully saturated rings. The van der Waals surface area contributed by atoms with Crippen molar-refractivity contribution in [2.75, 3.05) is 6.61 Å². The van der Waals surface area contributed by atoms with E-state index in [4.69, 9.17) is 16.7 Å². The first-order chi connectivity index (χ1) is 8.10. The molecule has 0 bridgehead atoms. The number of aryl methyl sites for hydroxylation is 1. The summed E-state index contributed by atoms with van der Waals surface area (Å²) in [6, 6.07) is 3.02.